The molecule has 0 saturated heterocycles. The molecule has 0 bridgehead atoms. The quantitative estimate of drug-likeness (QED) is 0.498. The van der Waals surface area contributed by atoms with Gasteiger partial charge in [-0.25, -0.2) is 4.39 Å². The molecular weight excluding hydrogens is 191 g/mol. The molecule has 3 heteroatoms. The molecule has 0 aliphatic rings. The van der Waals surface area contributed by atoms with E-state index in [2.05, 4.69) is 11.8 Å². The van der Waals surface area contributed by atoms with Gasteiger partial charge in [-0.15, -0.1) is 11.6 Å². The Kier molecular flexibility index (Phi) is 3.60. The third-order valence-electron chi connectivity index (χ3n) is 1.45. The van der Waals surface area contributed by atoms with Crippen LogP contribution in [0.15, 0.2) is 18.2 Å². The average Bonchev–Trinajstić information content (AvgIpc) is 2.16. The normalized spacial score (nSPS) is 8.85. The second-order valence-corrected chi connectivity index (χ2v) is 2.55. The summed E-state index contributed by atoms with van der Waals surface area (Å²) in [5.74, 6) is 5.51. The third-order valence-corrected chi connectivity index (χ3v) is 1.58. The van der Waals surface area contributed by atoms with Gasteiger partial charge in [0.25, 0.3) is 0 Å². The summed E-state index contributed by atoms with van der Waals surface area (Å²) in [4.78, 5) is 0. The standard InChI is InChI=1S/C10H8ClFO/c1-13-10-7-8(3-2-6-11)4-5-9(10)12/h4-5,7H,6H2,1H3. The summed E-state index contributed by atoms with van der Waals surface area (Å²) in [6, 6.07) is 4.43. The Balaban J connectivity index is 2.99. The predicted octanol–water partition coefficient (Wildman–Crippen LogP) is 2.42. The molecule has 0 heterocycles. The molecule has 1 rings (SSSR count). The minimum atomic E-state index is -0.390. The molecule has 1 nitrogen and oxygen atoms in total. The molecule has 0 aliphatic heterocycles. The molecule has 0 radical (unpaired) electrons. The lowest BCUT2D eigenvalue weighted by atomic mass is 10.2. The number of rotatable bonds is 1. The van der Waals surface area contributed by atoms with Crippen molar-refractivity contribution in [3.05, 3.63) is 29.6 Å². The molecule has 1 aromatic carbocycles. The maximum atomic E-state index is 12.9. The van der Waals surface area contributed by atoms with Crippen LogP contribution >= 0.6 is 11.6 Å². The van der Waals surface area contributed by atoms with Crippen molar-refractivity contribution in [3.63, 3.8) is 0 Å². The number of hydrogen-bond donors (Lipinski definition) is 0. The van der Waals surface area contributed by atoms with E-state index in [9.17, 15) is 4.39 Å². The first-order valence-electron chi connectivity index (χ1n) is 3.66. The van der Waals surface area contributed by atoms with Gasteiger partial charge < -0.3 is 4.74 Å². The van der Waals surface area contributed by atoms with Gasteiger partial charge in [0.05, 0.1) is 13.0 Å². The maximum absolute atomic E-state index is 12.9. The number of ether oxygens (including phenoxy) is 1. The molecular formula is C10H8ClFO. The van der Waals surface area contributed by atoms with Crippen LogP contribution in [0, 0.1) is 17.7 Å². The number of benzene rings is 1. The van der Waals surface area contributed by atoms with Crippen molar-refractivity contribution in [2.45, 2.75) is 0 Å². The van der Waals surface area contributed by atoms with E-state index < -0.39 is 0 Å². The van der Waals surface area contributed by atoms with Crippen LogP contribution in [0.1, 0.15) is 5.56 Å². The van der Waals surface area contributed by atoms with Gasteiger partial charge in [0.1, 0.15) is 0 Å². The van der Waals surface area contributed by atoms with Crippen molar-refractivity contribution in [1.82, 2.24) is 0 Å². The van der Waals surface area contributed by atoms with E-state index in [1.165, 1.54) is 19.2 Å². The minimum Gasteiger partial charge on any atom is -0.494 e. The molecule has 0 unspecified atom stereocenters. The molecule has 0 fully saturated rings. The minimum absolute atomic E-state index is 0.196. The van der Waals surface area contributed by atoms with Crippen molar-refractivity contribution < 1.29 is 9.13 Å². The van der Waals surface area contributed by atoms with E-state index in [1.807, 2.05) is 0 Å². The van der Waals surface area contributed by atoms with Crippen LogP contribution < -0.4 is 4.74 Å². The Bertz CT molecular complexity index is 352. The molecule has 0 saturated carbocycles. The Hall–Kier alpha value is -1.20. The lowest BCUT2D eigenvalue weighted by molar-refractivity contribution is 0.386. The van der Waals surface area contributed by atoms with Crippen LogP contribution in [-0.4, -0.2) is 13.0 Å². The van der Waals surface area contributed by atoms with Gasteiger partial charge in [-0.3, -0.25) is 0 Å². The van der Waals surface area contributed by atoms with Crippen LogP contribution in [0.3, 0.4) is 0 Å². The molecule has 68 valence electrons. The zero-order valence-corrected chi connectivity index (χ0v) is 7.86. The van der Waals surface area contributed by atoms with Gasteiger partial charge in [-0.2, -0.15) is 0 Å². The van der Waals surface area contributed by atoms with Gasteiger partial charge in [-0.1, -0.05) is 11.8 Å². The molecule has 1 aromatic rings. The first-order chi connectivity index (χ1) is 6.27. The van der Waals surface area contributed by atoms with Crippen molar-refractivity contribution in [2.75, 3.05) is 13.0 Å². The fourth-order valence-corrected chi connectivity index (χ4v) is 0.940. The van der Waals surface area contributed by atoms with Crippen molar-refractivity contribution in [1.29, 1.82) is 0 Å². The first kappa shape index (κ1) is 9.88. The van der Waals surface area contributed by atoms with Crippen LogP contribution in [-0.2, 0) is 0 Å². The Labute approximate surface area is 81.5 Å². The van der Waals surface area contributed by atoms with Gasteiger partial charge in [0, 0.05) is 5.56 Å². The molecule has 0 aromatic heterocycles. The van der Waals surface area contributed by atoms with Gasteiger partial charge in [-0.05, 0) is 18.2 Å². The van der Waals surface area contributed by atoms with Gasteiger partial charge >= 0.3 is 0 Å². The van der Waals surface area contributed by atoms with Crippen molar-refractivity contribution >= 4 is 11.6 Å². The van der Waals surface area contributed by atoms with Gasteiger partial charge in [0.15, 0.2) is 11.6 Å². The Morgan fingerprint density at radius 1 is 1.54 bits per heavy atom. The highest BCUT2D eigenvalue weighted by Crippen LogP contribution is 2.17. The summed E-state index contributed by atoms with van der Waals surface area (Å²) in [7, 11) is 1.41. The number of hydrogen-bond acceptors (Lipinski definition) is 1. The number of halogens is 2. The highest BCUT2D eigenvalue weighted by atomic mass is 35.5. The highest BCUT2D eigenvalue weighted by molar-refractivity contribution is 6.19. The van der Waals surface area contributed by atoms with E-state index >= 15 is 0 Å². The van der Waals surface area contributed by atoms with Gasteiger partial charge in [0.2, 0.25) is 0 Å². The van der Waals surface area contributed by atoms with E-state index in [0.29, 0.717) is 5.56 Å². The summed E-state index contributed by atoms with van der Waals surface area (Å²) in [5.41, 5.74) is 0.693. The van der Waals surface area contributed by atoms with Crippen LogP contribution in [0.25, 0.3) is 0 Å². The summed E-state index contributed by atoms with van der Waals surface area (Å²) in [6.07, 6.45) is 0. The number of methoxy groups -OCH3 is 1. The lowest BCUT2D eigenvalue weighted by Crippen LogP contribution is -1.88. The third kappa shape index (κ3) is 2.64. The van der Waals surface area contributed by atoms with Crippen molar-refractivity contribution in [3.8, 4) is 17.6 Å². The molecule has 0 N–H and O–H groups in total. The summed E-state index contributed by atoms with van der Waals surface area (Å²) >= 11 is 5.38. The van der Waals surface area contributed by atoms with Crippen molar-refractivity contribution in [2.24, 2.45) is 0 Å². The lowest BCUT2D eigenvalue weighted by Gasteiger charge is -2.00. The predicted molar refractivity (Wildman–Crippen MR) is 50.6 cm³/mol. The SMILES string of the molecule is COc1cc(C#CCCl)ccc1F. The highest BCUT2D eigenvalue weighted by Gasteiger charge is 2.00. The first-order valence-corrected chi connectivity index (χ1v) is 4.19. The fraction of sp³-hybridized carbons (Fsp3) is 0.200. The molecule has 13 heavy (non-hydrogen) atoms. The zero-order valence-electron chi connectivity index (χ0n) is 7.10. The Morgan fingerprint density at radius 2 is 2.31 bits per heavy atom. The molecule has 0 aliphatic carbocycles. The monoisotopic (exact) mass is 198 g/mol. The van der Waals surface area contributed by atoms with E-state index in [0.717, 1.165) is 0 Å². The maximum Gasteiger partial charge on any atom is 0.165 e. The summed E-state index contributed by atoms with van der Waals surface area (Å²) in [5, 5.41) is 0. The Morgan fingerprint density at radius 3 is 2.92 bits per heavy atom. The van der Waals surface area contributed by atoms with Crippen LogP contribution in [0.4, 0.5) is 4.39 Å². The molecule has 0 atom stereocenters. The topological polar surface area (TPSA) is 9.23 Å². The van der Waals surface area contributed by atoms with Crippen LogP contribution in [0.5, 0.6) is 5.75 Å². The number of alkyl halides is 1. The fourth-order valence-electron chi connectivity index (χ4n) is 0.873. The summed E-state index contributed by atoms with van der Waals surface area (Å²) < 4.78 is 17.7. The van der Waals surface area contributed by atoms with Crippen LogP contribution in [0.2, 0.25) is 0 Å². The van der Waals surface area contributed by atoms with E-state index in [4.69, 9.17) is 16.3 Å². The van der Waals surface area contributed by atoms with E-state index in [-0.39, 0.29) is 17.4 Å². The summed E-state index contributed by atoms with van der Waals surface area (Å²) in [6.45, 7) is 0. The second kappa shape index (κ2) is 4.74. The average molecular weight is 199 g/mol. The largest absolute Gasteiger partial charge is 0.494 e. The molecule has 0 spiro atoms. The smallest absolute Gasteiger partial charge is 0.165 e. The van der Waals surface area contributed by atoms with E-state index in [1.54, 1.807) is 6.07 Å². The molecule has 0 amide bonds. The zero-order chi connectivity index (χ0) is 9.68. The second-order valence-electron chi connectivity index (χ2n) is 2.28.